The van der Waals surface area contributed by atoms with Crippen molar-refractivity contribution >= 4 is 0 Å². The van der Waals surface area contributed by atoms with Crippen LogP contribution in [0.4, 0.5) is 0 Å². The smallest absolute Gasteiger partial charge is 0.106 e. The lowest BCUT2D eigenvalue weighted by Gasteiger charge is -2.46. The van der Waals surface area contributed by atoms with E-state index in [9.17, 15) is 0 Å². The van der Waals surface area contributed by atoms with Gasteiger partial charge < -0.3 is 10.1 Å². The quantitative estimate of drug-likeness (QED) is 0.741. The molecule has 92 valence electrons. The first-order valence-electron chi connectivity index (χ1n) is 6.71. The van der Waals surface area contributed by atoms with Crippen LogP contribution in [0.15, 0.2) is 24.3 Å². The molecule has 3 unspecified atom stereocenters. The van der Waals surface area contributed by atoms with Crippen molar-refractivity contribution in [3.63, 3.8) is 0 Å². The molecule has 1 aliphatic heterocycles. The number of fused-ring (bicyclic) bond motifs is 2. The highest BCUT2D eigenvalue weighted by molar-refractivity contribution is 5.35. The first-order valence-corrected chi connectivity index (χ1v) is 6.71. The van der Waals surface area contributed by atoms with E-state index in [2.05, 4.69) is 43.4 Å². The predicted octanol–water partition coefficient (Wildman–Crippen LogP) is 2.62. The van der Waals surface area contributed by atoms with Crippen molar-refractivity contribution in [1.82, 2.24) is 5.32 Å². The summed E-state index contributed by atoms with van der Waals surface area (Å²) in [6.45, 7) is 5.33. The highest BCUT2D eigenvalue weighted by atomic mass is 16.5. The van der Waals surface area contributed by atoms with Crippen molar-refractivity contribution in [2.75, 3.05) is 6.54 Å². The Balaban J connectivity index is 1.99. The SMILES string of the molecule is CC1NCC2(CCCc3ccccc32)OC1C. The van der Waals surface area contributed by atoms with Crippen LogP contribution in [-0.4, -0.2) is 18.7 Å². The monoisotopic (exact) mass is 231 g/mol. The highest BCUT2D eigenvalue weighted by Crippen LogP contribution is 2.40. The molecule has 1 heterocycles. The predicted molar refractivity (Wildman–Crippen MR) is 69.1 cm³/mol. The van der Waals surface area contributed by atoms with Gasteiger partial charge >= 0.3 is 0 Å². The second-order valence-corrected chi connectivity index (χ2v) is 5.50. The number of morpholine rings is 1. The third-order valence-electron chi connectivity index (χ3n) is 4.36. The lowest BCUT2D eigenvalue weighted by molar-refractivity contribution is -0.139. The lowest BCUT2D eigenvalue weighted by Crippen LogP contribution is -2.56. The van der Waals surface area contributed by atoms with Gasteiger partial charge in [-0.05, 0) is 44.2 Å². The van der Waals surface area contributed by atoms with E-state index in [0.717, 1.165) is 13.0 Å². The molecule has 2 heteroatoms. The van der Waals surface area contributed by atoms with E-state index in [1.54, 1.807) is 0 Å². The number of nitrogens with one attached hydrogen (secondary N) is 1. The Hall–Kier alpha value is -0.860. The van der Waals surface area contributed by atoms with Crippen molar-refractivity contribution in [3.8, 4) is 0 Å². The average Bonchev–Trinajstić information content (AvgIpc) is 2.35. The van der Waals surface area contributed by atoms with Gasteiger partial charge in [-0.25, -0.2) is 0 Å². The Morgan fingerprint density at radius 1 is 1.29 bits per heavy atom. The molecule has 3 atom stereocenters. The third kappa shape index (κ3) is 1.80. The summed E-state index contributed by atoms with van der Waals surface area (Å²) in [6.07, 6.45) is 3.87. The van der Waals surface area contributed by atoms with Gasteiger partial charge in [0.05, 0.1) is 6.10 Å². The molecule has 0 amide bonds. The molecule has 1 aromatic carbocycles. The topological polar surface area (TPSA) is 21.3 Å². The molecule has 2 nitrogen and oxygen atoms in total. The van der Waals surface area contributed by atoms with Gasteiger partial charge in [0, 0.05) is 12.6 Å². The van der Waals surface area contributed by atoms with Crippen LogP contribution < -0.4 is 5.32 Å². The second kappa shape index (κ2) is 4.11. The summed E-state index contributed by atoms with van der Waals surface area (Å²) in [6, 6.07) is 9.23. The van der Waals surface area contributed by atoms with E-state index < -0.39 is 0 Å². The Morgan fingerprint density at radius 2 is 2.12 bits per heavy atom. The van der Waals surface area contributed by atoms with E-state index in [1.807, 2.05) is 0 Å². The molecule has 1 spiro atoms. The van der Waals surface area contributed by atoms with Crippen LogP contribution in [0.25, 0.3) is 0 Å². The number of aryl methyl sites for hydroxylation is 1. The standard InChI is InChI=1S/C15H21NO/c1-11-12(2)17-15(10-16-11)9-5-7-13-6-3-4-8-14(13)15/h3-4,6,8,11-12,16H,5,7,9-10H2,1-2H3. The van der Waals surface area contributed by atoms with Gasteiger partial charge in [-0.1, -0.05) is 24.3 Å². The van der Waals surface area contributed by atoms with Crippen LogP contribution >= 0.6 is 0 Å². The average molecular weight is 231 g/mol. The number of hydrogen-bond acceptors (Lipinski definition) is 2. The fourth-order valence-corrected chi connectivity index (χ4v) is 3.18. The van der Waals surface area contributed by atoms with E-state index in [-0.39, 0.29) is 11.7 Å². The molecule has 0 saturated carbocycles. The van der Waals surface area contributed by atoms with Crippen LogP contribution in [0.2, 0.25) is 0 Å². The van der Waals surface area contributed by atoms with Crippen molar-refractivity contribution in [3.05, 3.63) is 35.4 Å². The van der Waals surface area contributed by atoms with Crippen LogP contribution in [0.5, 0.6) is 0 Å². The molecule has 1 aliphatic carbocycles. The van der Waals surface area contributed by atoms with Crippen LogP contribution in [-0.2, 0) is 16.8 Å². The summed E-state index contributed by atoms with van der Waals surface area (Å²) in [5.74, 6) is 0. The zero-order valence-corrected chi connectivity index (χ0v) is 10.7. The van der Waals surface area contributed by atoms with Gasteiger partial charge in [-0.2, -0.15) is 0 Å². The molecule has 0 radical (unpaired) electrons. The first-order chi connectivity index (χ1) is 8.21. The maximum absolute atomic E-state index is 6.39. The largest absolute Gasteiger partial charge is 0.364 e. The molecule has 1 N–H and O–H groups in total. The van der Waals surface area contributed by atoms with Gasteiger partial charge in [0.2, 0.25) is 0 Å². The summed E-state index contributed by atoms with van der Waals surface area (Å²) in [4.78, 5) is 0. The van der Waals surface area contributed by atoms with E-state index >= 15 is 0 Å². The Labute approximate surface area is 103 Å². The third-order valence-corrected chi connectivity index (χ3v) is 4.36. The summed E-state index contributed by atoms with van der Waals surface area (Å²) >= 11 is 0. The minimum atomic E-state index is -0.0687. The number of rotatable bonds is 0. The van der Waals surface area contributed by atoms with Gasteiger partial charge in [-0.3, -0.25) is 0 Å². The Bertz CT molecular complexity index is 417. The van der Waals surface area contributed by atoms with E-state index in [0.29, 0.717) is 6.04 Å². The fraction of sp³-hybridized carbons (Fsp3) is 0.600. The molecular weight excluding hydrogens is 210 g/mol. The number of benzene rings is 1. The number of hydrogen-bond donors (Lipinski definition) is 1. The van der Waals surface area contributed by atoms with Crippen LogP contribution in [0, 0.1) is 0 Å². The van der Waals surface area contributed by atoms with Crippen LogP contribution in [0.1, 0.15) is 37.8 Å². The molecular formula is C15H21NO. The zero-order chi connectivity index (χ0) is 11.9. The van der Waals surface area contributed by atoms with Gasteiger partial charge in [-0.15, -0.1) is 0 Å². The molecule has 0 bridgehead atoms. The van der Waals surface area contributed by atoms with E-state index in [4.69, 9.17) is 4.74 Å². The molecule has 0 aromatic heterocycles. The molecule has 2 aliphatic rings. The minimum absolute atomic E-state index is 0.0687. The molecule has 1 saturated heterocycles. The summed E-state index contributed by atoms with van der Waals surface area (Å²) < 4.78 is 6.39. The maximum Gasteiger partial charge on any atom is 0.106 e. The zero-order valence-electron chi connectivity index (χ0n) is 10.7. The summed E-state index contributed by atoms with van der Waals surface area (Å²) in [5, 5.41) is 3.61. The number of ether oxygens (including phenoxy) is 1. The Morgan fingerprint density at radius 3 is 2.94 bits per heavy atom. The van der Waals surface area contributed by atoms with Crippen molar-refractivity contribution < 1.29 is 4.74 Å². The van der Waals surface area contributed by atoms with Crippen molar-refractivity contribution in [2.24, 2.45) is 0 Å². The normalized spacial score (nSPS) is 36.8. The molecule has 1 fully saturated rings. The van der Waals surface area contributed by atoms with Gasteiger partial charge in [0.15, 0.2) is 0 Å². The first kappa shape index (κ1) is 11.2. The summed E-state index contributed by atoms with van der Waals surface area (Å²) in [7, 11) is 0. The van der Waals surface area contributed by atoms with Crippen LogP contribution in [0.3, 0.4) is 0 Å². The van der Waals surface area contributed by atoms with Crippen molar-refractivity contribution in [2.45, 2.75) is 50.9 Å². The molecule has 3 rings (SSSR count). The highest BCUT2D eigenvalue weighted by Gasteiger charge is 2.42. The lowest BCUT2D eigenvalue weighted by atomic mass is 9.77. The second-order valence-electron chi connectivity index (χ2n) is 5.50. The van der Waals surface area contributed by atoms with Gasteiger partial charge in [0.25, 0.3) is 0 Å². The Kier molecular flexibility index (Phi) is 2.72. The fourth-order valence-electron chi connectivity index (χ4n) is 3.18. The van der Waals surface area contributed by atoms with Gasteiger partial charge in [0.1, 0.15) is 5.60 Å². The maximum atomic E-state index is 6.39. The summed E-state index contributed by atoms with van der Waals surface area (Å²) in [5.41, 5.74) is 2.82. The van der Waals surface area contributed by atoms with Crippen molar-refractivity contribution in [1.29, 1.82) is 0 Å². The molecule has 1 aromatic rings. The minimum Gasteiger partial charge on any atom is -0.364 e. The molecule has 17 heavy (non-hydrogen) atoms. The van der Waals surface area contributed by atoms with E-state index in [1.165, 1.54) is 24.0 Å².